The lowest BCUT2D eigenvalue weighted by Gasteiger charge is -2.28. The van der Waals surface area contributed by atoms with E-state index in [9.17, 15) is 23.7 Å². The standard InChI is InChI=1S/C23H29Cl3O7S/c1-4-34(30,31)12-17(27)11-32-18-7-5-15(6-8-18)22(2,3)16-9-19(25)21(20(26)10-16)33-14-23(28,29)13-24/h5-10,17,27-29H,4,11-14H2,1-3H3/t17-/m0/s1. The Hall–Kier alpha value is -1.26. The number of halogens is 3. The molecule has 11 heteroatoms. The minimum absolute atomic E-state index is 0.0357. The largest absolute Gasteiger partial charge is 0.491 e. The maximum Gasteiger partial charge on any atom is 0.211 e. The molecule has 2 aromatic carbocycles. The number of aliphatic hydroxyl groups is 3. The van der Waals surface area contributed by atoms with Crippen molar-refractivity contribution in [3.8, 4) is 11.5 Å². The predicted octanol–water partition coefficient (Wildman–Crippen LogP) is 3.79. The maximum absolute atomic E-state index is 11.6. The summed E-state index contributed by atoms with van der Waals surface area (Å²) in [7, 11) is -3.29. The first-order valence-electron chi connectivity index (χ1n) is 10.5. The Morgan fingerprint density at radius 3 is 2.06 bits per heavy atom. The van der Waals surface area contributed by atoms with Crippen LogP contribution in [0.3, 0.4) is 0 Å². The smallest absolute Gasteiger partial charge is 0.211 e. The summed E-state index contributed by atoms with van der Waals surface area (Å²) in [5.74, 6) is -2.43. The van der Waals surface area contributed by atoms with Crippen LogP contribution in [0, 0.1) is 0 Å². The molecule has 0 saturated heterocycles. The van der Waals surface area contributed by atoms with E-state index in [2.05, 4.69) is 0 Å². The van der Waals surface area contributed by atoms with Crippen LogP contribution in [0.15, 0.2) is 36.4 Å². The number of aliphatic hydroxyl groups excluding tert-OH is 1. The lowest BCUT2D eigenvalue weighted by molar-refractivity contribution is -0.162. The molecule has 0 saturated carbocycles. The summed E-state index contributed by atoms with van der Waals surface area (Å²) in [6.07, 6.45) is -1.11. The third kappa shape index (κ3) is 7.88. The number of hydrogen-bond donors (Lipinski definition) is 3. The van der Waals surface area contributed by atoms with Gasteiger partial charge in [-0.2, -0.15) is 0 Å². The van der Waals surface area contributed by atoms with E-state index in [1.54, 1.807) is 24.3 Å². The van der Waals surface area contributed by atoms with Crippen LogP contribution < -0.4 is 9.47 Å². The molecule has 190 valence electrons. The van der Waals surface area contributed by atoms with Crippen molar-refractivity contribution in [1.82, 2.24) is 0 Å². The van der Waals surface area contributed by atoms with Crippen molar-refractivity contribution in [2.24, 2.45) is 0 Å². The number of sulfone groups is 1. The molecule has 0 heterocycles. The van der Waals surface area contributed by atoms with Crippen LogP contribution in [-0.2, 0) is 15.3 Å². The SMILES string of the molecule is CCS(=O)(=O)C[C@@H](O)COc1ccc(C(C)(C)c2cc(Cl)c(OCC(O)(O)CCl)c(Cl)c2)cc1. The minimum atomic E-state index is -3.29. The second-order valence-corrected chi connectivity index (χ2v) is 12.0. The molecule has 2 rings (SSSR count). The molecular weight excluding hydrogens is 527 g/mol. The number of rotatable bonds is 12. The van der Waals surface area contributed by atoms with Crippen molar-refractivity contribution in [3.05, 3.63) is 57.6 Å². The van der Waals surface area contributed by atoms with Gasteiger partial charge in [-0.25, -0.2) is 8.42 Å². The van der Waals surface area contributed by atoms with Gasteiger partial charge < -0.3 is 24.8 Å². The Kier molecular flexibility index (Phi) is 9.93. The van der Waals surface area contributed by atoms with Crippen molar-refractivity contribution in [1.29, 1.82) is 0 Å². The van der Waals surface area contributed by atoms with E-state index in [-0.39, 0.29) is 33.9 Å². The van der Waals surface area contributed by atoms with Crippen LogP contribution in [0.5, 0.6) is 11.5 Å². The molecule has 0 aliphatic rings. The second-order valence-electron chi connectivity index (χ2n) is 8.49. The highest BCUT2D eigenvalue weighted by molar-refractivity contribution is 7.91. The zero-order valence-corrected chi connectivity index (χ0v) is 22.2. The molecule has 0 amide bonds. The van der Waals surface area contributed by atoms with Crippen molar-refractivity contribution < 1.29 is 33.2 Å². The average Bonchev–Trinajstić information content (AvgIpc) is 2.77. The van der Waals surface area contributed by atoms with E-state index in [4.69, 9.17) is 44.3 Å². The van der Waals surface area contributed by atoms with Gasteiger partial charge in [0.1, 0.15) is 25.1 Å². The van der Waals surface area contributed by atoms with Gasteiger partial charge in [0, 0.05) is 11.2 Å². The topological polar surface area (TPSA) is 113 Å². The molecular formula is C23H29Cl3O7S. The van der Waals surface area contributed by atoms with E-state index in [1.807, 2.05) is 26.0 Å². The van der Waals surface area contributed by atoms with E-state index < -0.39 is 39.6 Å². The Balaban J connectivity index is 2.13. The third-order valence-electron chi connectivity index (χ3n) is 5.29. The Morgan fingerprint density at radius 2 is 1.56 bits per heavy atom. The van der Waals surface area contributed by atoms with Gasteiger partial charge in [-0.1, -0.05) is 56.1 Å². The first-order valence-corrected chi connectivity index (χ1v) is 13.6. The highest BCUT2D eigenvalue weighted by Crippen LogP contribution is 2.41. The lowest BCUT2D eigenvalue weighted by Crippen LogP contribution is -2.37. The summed E-state index contributed by atoms with van der Waals surface area (Å²) in [6.45, 7) is 4.84. The minimum Gasteiger partial charge on any atom is -0.491 e. The lowest BCUT2D eigenvalue weighted by atomic mass is 9.78. The van der Waals surface area contributed by atoms with E-state index in [1.165, 1.54) is 6.92 Å². The van der Waals surface area contributed by atoms with Gasteiger partial charge in [0.2, 0.25) is 5.79 Å². The van der Waals surface area contributed by atoms with Gasteiger partial charge in [0.25, 0.3) is 0 Å². The van der Waals surface area contributed by atoms with Gasteiger partial charge >= 0.3 is 0 Å². The van der Waals surface area contributed by atoms with Crippen LogP contribution >= 0.6 is 34.8 Å². The van der Waals surface area contributed by atoms with Crippen LogP contribution in [0.2, 0.25) is 10.0 Å². The van der Waals surface area contributed by atoms with E-state index in [0.717, 1.165) is 11.1 Å². The molecule has 0 unspecified atom stereocenters. The van der Waals surface area contributed by atoms with Gasteiger partial charge in [0.05, 0.1) is 21.7 Å². The summed E-state index contributed by atoms with van der Waals surface area (Å²) >= 11 is 18.2. The fourth-order valence-electron chi connectivity index (χ4n) is 3.07. The molecule has 3 N–H and O–H groups in total. The van der Waals surface area contributed by atoms with Crippen LogP contribution in [0.1, 0.15) is 31.9 Å². The monoisotopic (exact) mass is 554 g/mol. The summed E-state index contributed by atoms with van der Waals surface area (Å²) in [6, 6.07) is 10.5. The normalized spacial score (nSPS) is 13.6. The summed E-state index contributed by atoms with van der Waals surface area (Å²) in [5.41, 5.74) is 1.19. The van der Waals surface area contributed by atoms with Gasteiger partial charge in [-0.15, -0.1) is 11.6 Å². The van der Waals surface area contributed by atoms with Gasteiger partial charge in [-0.3, -0.25) is 0 Å². The zero-order valence-electron chi connectivity index (χ0n) is 19.1. The van der Waals surface area contributed by atoms with Gasteiger partial charge in [0.15, 0.2) is 15.6 Å². The molecule has 0 aliphatic carbocycles. The number of alkyl halides is 1. The van der Waals surface area contributed by atoms with Crippen LogP contribution in [-0.4, -0.2) is 66.2 Å². The predicted molar refractivity (Wildman–Crippen MR) is 134 cm³/mol. The molecule has 1 atom stereocenters. The highest BCUT2D eigenvalue weighted by atomic mass is 35.5. The molecule has 0 bridgehead atoms. The fraction of sp³-hybridized carbons (Fsp3) is 0.478. The Bertz CT molecular complexity index is 1050. The summed E-state index contributed by atoms with van der Waals surface area (Å²) < 4.78 is 34.1. The number of benzene rings is 2. The fourth-order valence-corrected chi connectivity index (χ4v) is 4.66. The molecule has 0 spiro atoms. The number of ether oxygens (including phenoxy) is 2. The molecule has 0 aromatic heterocycles. The van der Waals surface area contributed by atoms with Crippen LogP contribution in [0.4, 0.5) is 0 Å². The van der Waals surface area contributed by atoms with E-state index in [0.29, 0.717) is 5.75 Å². The van der Waals surface area contributed by atoms with Gasteiger partial charge in [-0.05, 0) is 35.4 Å². The third-order valence-corrected chi connectivity index (χ3v) is 8.05. The van der Waals surface area contributed by atoms with Crippen LogP contribution in [0.25, 0.3) is 0 Å². The van der Waals surface area contributed by atoms with Crippen molar-refractivity contribution in [2.45, 2.75) is 38.1 Å². The first-order chi connectivity index (χ1) is 15.7. The average molecular weight is 556 g/mol. The second kappa shape index (κ2) is 11.6. The Morgan fingerprint density at radius 1 is 1.00 bits per heavy atom. The van der Waals surface area contributed by atoms with Crippen molar-refractivity contribution >= 4 is 44.6 Å². The quantitative estimate of drug-likeness (QED) is 0.270. The molecule has 0 aliphatic heterocycles. The molecule has 0 fully saturated rings. The molecule has 34 heavy (non-hydrogen) atoms. The maximum atomic E-state index is 11.6. The van der Waals surface area contributed by atoms with Crippen molar-refractivity contribution in [2.75, 3.05) is 30.6 Å². The zero-order chi connectivity index (χ0) is 25.7. The molecule has 7 nitrogen and oxygen atoms in total. The highest BCUT2D eigenvalue weighted by Gasteiger charge is 2.28. The number of hydrogen-bond acceptors (Lipinski definition) is 7. The Labute approximate surface area is 215 Å². The van der Waals surface area contributed by atoms with E-state index >= 15 is 0 Å². The van der Waals surface area contributed by atoms with Crippen molar-refractivity contribution in [3.63, 3.8) is 0 Å². The summed E-state index contributed by atoms with van der Waals surface area (Å²) in [5, 5.41) is 29.5. The first kappa shape index (κ1) is 29.0. The molecule has 0 radical (unpaired) electrons. The molecule has 2 aromatic rings. The summed E-state index contributed by atoms with van der Waals surface area (Å²) in [4.78, 5) is 0.